The summed E-state index contributed by atoms with van der Waals surface area (Å²) in [6.07, 6.45) is 0. The van der Waals surface area contributed by atoms with Crippen LogP contribution in [0.3, 0.4) is 0 Å². The van der Waals surface area contributed by atoms with Crippen LogP contribution in [0, 0.1) is 6.92 Å². The minimum atomic E-state index is -0.819. The molecule has 0 radical (unpaired) electrons. The van der Waals surface area contributed by atoms with Gasteiger partial charge in [0, 0.05) is 27.9 Å². The molecule has 0 N–H and O–H groups in total. The molecule has 0 amide bonds. The first kappa shape index (κ1) is 19.2. The van der Waals surface area contributed by atoms with Crippen LogP contribution in [0.4, 0.5) is 0 Å². The number of aryl methyl sites for hydroxylation is 1. The van der Waals surface area contributed by atoms with E-state index in [2.05, 4.69) is 5.10 Å². The maximum absolute atomic E-state index is 12.6. The van der Waals surface area contributed by atoms with Crippen LogP contribution in [-0.4, -0.2) is 22.5 Å². The summed E-state index contributed by atoms with van der Waals surface area (Å²) in [4.78, 5) is 24.9. The van der Waals surface area contributed by atoms with Gasteiger partial charge in [0.05, 0.1) is 12.3 Å². The highest BCUT2D eigenvalue weighted by Crippen LogP contribution is 2.32. The number of ether oxygens (including phenoxy) is 3. The fraction of sp³-hybridized carbons (Fsp3) is 0.190. The van der Waals surface area contributed by atoms with Crippen molar-refractivity contribution in [2.45, 2.75) is 20.1 Å². The van der Waals surface area contributed by atoms with E-state index in [0.29, 0.717) is 28.6 Å². The number of nitrogens with zero attached hydrogens (tertiary/aromatic N) is 2. The first-order valence-electron chi connectivity index (χ1n) is 8.88. The number of para-hydroxylation sites is 1. The zero-order valence-electron chi connectivity index (χ0n) is 15.6. The van der Waals surface area contributed by atoms with E-state index in [9.17, 15) is 9.59 Å². The van der Waals surface area contributed by atoms with Gasteiger partial charge in [-0.15, -0.1) is 0 Å². The normalized spacial score (nSPS) is 12.8. The van der Waals surface area contributed by atoms with Gasteiger partial charge in [0.15, 0.2) is 6.79 Å². The number of hydrogen-bond donors (Lipinski definition) is 0. The van der Waals surface area contributed by atoms with Gasteiger partial charge >= 0.3 is 5.97 Å². The Morgan fingerprint density at radius 1 is 1.24 bits per heavy atom. The van der Waals surface area contributed by atoms with Crippen molar-refractivity contribution in [2.24, 2.45) is 0 Å². The van der Waals surface area contributed by atoms with Gasteiger partial charge in [-0.2, -0.15) is 5.10 Å². The van der Waals surface area contributed by atoms with Crippen molar-refractivity contribution in [3.05, 3.63) is 86.3 Å². The van der Waals surface area contributed by atoms with Gasteiger partial charge in [0.1, 0.15) is 12.4 Å². The van der Waals surface area contributed by atoms with Gasteiger partial charge in [-0.3, -0.25) is 4.79 Å². The number of carbonyl (C=O) groups is 1. The average molecular weight is 413 g/mol. The highest BCUT2D eigenvalue weighted by Gasteiger charge is 2.20. The van der Waals surface area contributed by atoms with E-state index in [4.69, 9.17) is 25.8 Å². The molecule has 0 fully saturated rings. The minimum absolute atomic E-state index is 0.108. The number of halogens is 1. The molecule has 3 aromatic rings. The van der Waals surface area contributed by atoms with E-state index < -0.39 is 11.4 Å². The molecule has 0 aliphatic carbocycles. The van der Waals surface area contributed by atoms with Crippen molar-refractivity contribution in [1.29, 1.82) is 0 Å². The van der Waals surface area contributed by atoms with Gasteiger partial charge in [0.25, 0.3) is 0 Å². The summed E-state index contributed by atoms with van der Waals surface area (Å²) in [6, 6.07) is 14.0. The molecule has 7 nitrogen and oxygen atoms in total. The minimum Gasteiger partial charge on any atom is -0.467 e. The van der Waals surface area contributed by atoms with E-state index >= 15 is 0 Å². The lowest BCUT2D eigenvalue weighted by Gasteiger charge is -2.21. The van der Waals surface area contributed by atoms with Gasteiger partial charge in [-0.25, -0.2) is 9.48 Å². The molecule has 1 aromatic heterocycles. The quantitative estimate of drug-likeness (QED) is 0.611. The van der Waals surface area contributed by atoms with Crippen LogP contribution >= 0.6 is 11.6 Å². The number of fused-ring (bicyclic) bond motifs is 1. The molecule has 0 bridgehead atoms. The predicted molar refractivity (Wildman–Crippen MR) is 105 cm³/mol. The van der Waals surface area contributed by atoms with Crippen LogP contribution in [0.5, 0.6) is 5.75 Å². The van der Waals surface area contributed by atoms with E-state index in [1.807, 2.05) is 30.3 Å². The highest BCUT2D eigenvalue weighted by atomic mass is 35.5. The number of carbonyl (C=O) groups excluding carboxylic acids is 1. The molecule has 2 heterocycles. The van der Waals surface area contributed by atoms with Crippen LogP contribution in [-0.2, 0) is 22.7 Å². The van der Waals surface area contributed by atoms with Gasteiger partial charge in [-0.1, -0.05) is 29.8 Å². The van der Waals surface area contributed by atoms with E-state index in [1.54, 1.807) is 19.1 Å². The van der Waals surface area contributed by atoms with Crippen LogP contribution < -0.4 is 10.2 Å². The molecule has 4 rings (SSSR count). The van der Waals surface area contributed by atoms with E-state index in [0.717, 1.165) is 11.3 Å². The summed E-state index contributed by atoms with van der Waals surface area (Å²) in [7, 11) is 0. The third-order valence-electron chi connectivity index (χ3n) is 4.41. The van der Waals surface area contributed by atoms with Crippen molar-refractivity contribution < 1.29 is 19.0 Å². The molecule has 1 aliphatic heterocycles. The molecule has 0 atom stereocenters. The first-order chi connectivity index (χ1) is 14.0. The average Bonchev–Trinajstić information content (AvgIpc) is 2.72. The fourth-order valence-corrected chi connectivity index (χ4v) is 3.36. The van der Waals surface area contributed by atoms with Crippen molar-refractivity contribution >= 4 is 17.6 Å². The van der Waals surface area contributed by atoms with Gasteiger partial charge in [-0.05, 0) is 31.2 Å². The molecule has 148 valence electrons. The number of hydrogen-bond acceptors (Lipinski definition) is 6. The number of esters is 1. The molecule has 2 aromatic carbocycles. The Hall–Kier alpha value is -3.16. The summed E-state index contributed by atoms with van der Waals surface area (Å²) in [5.74, 6) is -0.243. The van der Waals surface area contributed by atoms with Gasteiger partial charge in [0.2, 0.25) is 11.1 Å². The molecule has 29 heavy (non-hydrogen) atoms. The third-order valence-corrected chi connectivity index (χ3v) is 4.63. The summed E-state index contributed by atoms with van der Waals surface area (Å²) >= 11 is 6.13. The lowest BCUT2D eigenvalue weighted by atomic mass is 10.1. The molecular weight excluding hydrogens is 396 g/mol. The van der Waals surface area contributed by atoms with E-state index in [1.165, 1.54) is 10.7 Å². The third kappa shape index (κ3) is 4.01. The van der Waals surface area contributed by atoms with Crippen LogP contribution in [0.2, 0.25) is 5.02 Å². The Kier molecular flexibility index (Phi) is 5.33. The predicted octanol–water partition coefficient (Wildman–Crippen LogP) is 3.42. The first-order valence-corrected chi connectivity index (χ1v) is 9.26. The SMILES string of the molecule is Cc1cc(=O)c(C(=O)OCc2cc(Cl)cc3c2OCOC3)nn1-c1ccccc1. The van der Waals surface area contributed by atoms with Crippen molar-refractivity contribution in [2.75, 3.05) is 6.79 Å². The number of aromatic nitrogens is 2. The topological polar surface area (TPSA) is 79.7 Å². The molecule has 0 saturated heterocycles. The van der Waals surface area contributed by atoms with Crippen LogP contribution in [0.25, 0.3) is 5.69 Å². The van der Waals surface area contributed by atoms with Crippen LogP contribution in [0.15, 0.2) is 53.3 Å². The lowest BCUT2D eigenvalue weighted by Crippen LogP contribution is -2.24. The molecule has 1 aliphatic rings. The maximum Gasteiger partial charge on any atom is 0.363 e. The largest absolute Gasteiger partial charge is 0.467 e. The van der Waals surface area contributed by atoms with Crippen LogP contribution in [0.1, 0.15) is 27.3 Å². The second kappa shape index (κ2) is 8.06. The molecule has 8 heteroatoms. The Morgan fingerprint density at radius 2 is 2.03 bits per heavy atom. The standard InChI is InChI=1S/C21H17ClN2O5/c1-13-7-18(25)19(23-24(13)17-5-3-2-4-6-17)21(26)28-11-15-9-16(22)8-14-10-27-12-29-20(14)15/h2-9H,10-12H2,1H3. The zero-order chi connectivity index (χ0) is 20.4. The zero-order valence-corrected chi connectivity index (χ0v) is 16.3. The smallest absolute Gasteiger partial charge is 0.363 e. The highest BCUT2D eigenvalue weighted by molar-refractivity contribution is 6.30. The fourth-order valence-electron chi connectivity index (χ4n) is 3.09. The molecule has 0 unspecified atom stereocenters. The number of rotatable bonds is 4. The lowest BCUT2D eigenvalue weighted by molar-refractivity contribution is -0.0180. The Bertz CT molecular complexity index is 1130. The monoisotopic (exact) mass is 412 g/mol. The summed E-state index contributed by atoms with van der Waals surface area (Å²) < 4.78 is 17.6. The second-order valence-electron chi connectivity index (χ2n) is 6.49. The van der Waals surface area contributed by atoms with Crippen molar-refractivity contribution in [1.82, 2.24) is 9.78 Å². The van der Waals surface area contributed by atoms with Crippen molar-refractivity contribution in [3.8, 4) is 11.4 Å². The summed E-state index contributed by atoms with van der Waals surface area (Å²) in [5, 5.41) is 4.69. The molecule has 0 saturated carbocycles. The Morgan fingerprint density at radius 3 is 2.83 bits per heavy atom. The van der Waals surface area contributed by atoms with E-state index in [-0.39, 0.29) is 19.1 Å². The maximum atomic E-state index is 12.6. The summed E-state index contributed by atoms with van der Waals surface area (Å²) in [6.45, 7) is 2.10. The molecule has 0 spiro atoms. The summed E-state index contributed by atoms with van der Waals surface area (Å²) in [5.41, 5.74) is 1.91. The Labute approximate surface area is 171 Å². The van der Waals surface area contributed by atoms with Crippen molar-refractivity contribution in [3.63, 3.8) is 0 Å². The second-order valence-corrected chi connectivity index (χ2v) is 6.92. The number of benzene rings is 2. The molecular formula is C21H17ClN2O5. The Balaban J connectivity index is 1.60. The van der Waals surface area contributed by atoms with Gasteiger partial charge < -0.3 is 14.2 Å².